The number of carbonyl (C=O) groups excluding carboxylic acids is 3. The molecule has 154 valence electrons. The maximum Gasteiger partial charge on any atom is 0.332 e. The number of amides is 2. The molecule has 9 heteroatoms. The summed E-state index contributed by atoms with van der Waals surface area (Å²) in [6, 6.07) is 7.23. The first kappa shape index (κ1) is 20.2. The number of ether oxygens (including phenoxy) is 1. The van der Waals surface area contributed by atoms with Gasteiger partial charge in [0, 0.05) is 17.8 Å². The fourth-order valence-corrected chi connectivity index (χ4v) is 6.08. The summed E-state index contributed by atoms with van der Waals surface area (Å²) in [5, 5.41) is 1.34. The van der Waals surface area contributed by atoms with E-state index < -0.39 is 23.3 Å². The zero-order chi connectivity index (χ0) is 20.9. The van der Waals surface area contributed by atoms with Crippen molar-refractivity contribution >= 4 is 46.3 Å². The molecule has 2 amide bonds. The van der Waals surface area contributed by atoms with Crippen LogP contribution in [-0.2, 0) is 24.9 Å². The van der Waals surface area contributed by atoms with Crippen LogP contribution in [0.5, 0.6) is 0 Å². The van der Waals surface area contributed by atoms with Crippen molar-refractivity contribution in [3.05, 3.63) is 34.9 Å². The molecule has 0 bridgehead atoms. The summed E-state index contributed by atoms with van der Waals surface area (Å²) in [4.78, 5) is 46.5. The van der Waals surface area contributed by atoms with Crippen molar-refractivity contribution in [1.82, 2.24) is 9.80 Å². The van der Waals surface area contributed by atoms with Gasteiger partial charge in [-0.15, -0.1) is 0 Å². The van der Waals surface area contributed by atoms with Crippen molar-refractivity contribution in [2.24, 2.45) is 16.8 Å². The number of likely N-dealkylation sites (tertiary alicyclic amines) is 1. The highest BCUT2D eigenvalue weighted by Crippen LogP contribution is 2.53. The van der Waals surface area contributed by atoms with Gasteiger partial charge >= 0.3 is 5.97 Å². The average molecular weight is 436 g/mol. The van der Waals surface area contributed by atoms with Crippen LogP contribution < -0.4 is 0 Å². The average Bonchev–Trinajstić information content (AvgIpc) is 3.34. The van der Waals surface area contributed by atoms with E-state index >= 15 is 0 Å². The lowest BCUT2D eigenvalue weighted by molar-refractivity contribution is -0.158. The molecule has 3 heterocycles. The first-order chi connectivity index (χ1) is 13.9. The summed E-state index contributed by atoms with van der Waals surface area (Å²) >= 11 is 7.45. The SMILES string of the molecule is CC[C@]1(C(=O)OC)[C@H]2C(=O)N(C)C(=O)[C@H]2[C@H]2CN=C(SCc3ccc(Cl)cc3)N21. The molecule has 0 N–H and O–H groups in total. The van der Waals surface area contributed by atoms with Crippen LogP contribution in [0.25, 0.3) is 0 Å². The van der Waals surface area contributed by atoms with Crippen LogP contribution in [0.2, 0.25) is 5.02 Å². The van der Waals surface area contributed by atoms with Crippen molar-refractivity contribution in [3.8, 4) is 0 Å². The number of nitrogens with zero attached hydrogens (tertiary/aromatic N) is 3. The number of esters is 1. The van der Waals surface area contributed by atoms with E-state index in [4.69, 9.17) is 16.3 Å². The van der Waals surface area contributed by atoms with Gasteiger partial charge in [-0.3, -0.25) is 19.5 Å². The summed E-state index contributed by atoms with van der Waals surface area (Å²) in [6.07, 6.45) is 0.352. The minimum absolute atomic E-state index is 0.242. The predicted octanol–water partition coefficient (Wildman–Crippen LogP) is 2.18. The van der Waals surface area contributed by atoms with Crippen molar-refractivity contribution in [2.75, 3.05) is 20.7 Å². The second-order valence-electron chi connectivity index (χ2n) is 7.48. The molecule has 0 aromatic heterocycles. The third-order valence-corrected chi connectivity index (χ3v) is 7.55. The summed E-state index contributed by atoms with van der Waals surface area (Å²) in [6.45, 7) is 2.24. The second-order valence-corrected chi connectivity index (χ2v) is 8.86. The molecule has 3 aliphatic heterocycles. The number of thioether (sulfide) groups is 1. The lowest BCUT2D eigenvalue weighted by Crippen LogP contribution is -2.59. The number of halogens is 1. The van der Waals surface area contributed by atoms with Crippen molar-refractivity contribution in [3.63, 3.8) is 0 Å². The van der Waals surface area contributed by atoms with E-state index in [0.29, 0.717) is 28.9 Å². The van der Waals surface area contributed by atoms with Gasteiger partial charge < -0.3 is 9.64 Å². The van der Waals surface area contributed by atoms with Crippen LogP contribution in [0.1, 0.15) is 18.9 Å². The number of rotatable bonds is 4. The van der Waals surface area contributed by atoms with Crippen LogP contribution >= 0.6 is 23.4 Å². The van der Waals surface area contributed by atoms with Crippen molar-refractivity contribution < 1.29 is 19.1 Å². The number of methoxy groups -OCH3 is 1. The number of hydrogen-bond donors (Lipinski definition) is 0. The molecule has 2 saturated heterocycles. The number of hydrogen-bond acceptors (Lipinski definition) is 7. The first-order valence-corrected chi connectivity index (χ1v) is 10.8. The van der Waals surface area contributed by atoms with E-state index in [0.717, 1.165) is 10.5 Å². The smallest absolute Gasteiger partial charge is 0.332 e. The fraction of sp³-hybridized carbons (Fsp3) is 0.500. The van der Waals surface area contributed by atoms with Gasteiger partial charge in [-0.05, 0) is 24.1 Å². The Kier molecular flexibility index (Phi) is 5.11. The van der Waals surface area contributed by atoms with Gasteiger partial charge in [0.25, 0.3) is 0 Å². The summed E-state index contributed by atoms with van der Waals surface area (Å²) < 4.78 is 5.15. The largest absolute Gasteiger partial charge is 0.467 e. The van der Waals surface area contributed by atoms with Gasteiger partial charge in [-0.1, -0.05) is 42.4 Å². The molecule has 0 spiro atoms. The van der Waals surface area contributed by atoms with Gasteiger partial charge in [0.2, 0.25) is 11.8 Å². The third kappa shape index (κ3) is 2.79. The Morgan fingerprint density at radius 2 is 2.00 bits per heavy atom. The minimum atomic E-state index is -1.22. The molecule has 0 aliphatic carbocycles. The number of fused-ring (bicyclic) bond motifs is 3. The van der Waals surface area contributed by atoms with Gasteiger partial charge in [-0.25, -0.2) is 4.79 Å². The van der Waals surface area contributed by atoms with Crippen LogP contribution in [0.15, 0.2) is 29.3 Å². The van der Waals surface area contributed by atoms with Crippen LogP contribution in [-0.4, -0.2) is 65.0 Å². The highest BCUT2D eigenvalue weighted by molar-refractivity contribution is 8.13. The molecular weight excluding hydrogens is 414 g/mol. The zero-order valence-electron chi connectivity index (χ0n) is 16.4. The van der Waals surface area contributed by atoms with Gasteiger partial charge in [0.15, 0.2) is 10.7 Å². The molecule has 1 aromatic rings. The molecule has 1 aromatic carbocycles. The molecule has 0 unspecified atom stereocenters. The molecule has 0 radical (unpaired) electrons. The molecule has 3 aliphatic rings. The summed E-state index contributed by atoms with van der Waals surface area (Å²) in [5.41, 5.74) is -0.152. The molecule has 7 nitrogen and oxygen atoms in total. The Bertz CT molecular complexity index is 905. The number of imide groups is 1. The third-order valence-electron chi connectivity index (χ3n) is 6.24. The fourth-order valence-electron chi connectivity index (χ4n) is 4.87. The topological polar surface area (TPSA) is 79.3 Å². The summed E-state index contributed by atoms with van der Waals surface area (Å²) in [7, 11) is 2.80. The van der Waals surface area contributed by atoms with Gasteiger partial charge in [0.1, 0.15) is 0 Å². The standard InChI is InChI=1S/C20H22ClN3O4S/c1-4-20(18(27)28-3)15-14(16(25)23(2)17(15)26)13-9-22-19(24(13)20)29-10-11-5-7-12(21)8-6-11/h5-8,13-15H,4,9-10H2,1-3H3/t13-,14+,15-,20-/m1/s1. The highest BCUT2D eigenvalue weighted by Gasteiger charge is 2.72. The van der Waals surface area contributed by atoms with Gasteiger partial charge in [-0.2, -0.15) is 0 Å². The molecule has 4 atom stereocenters. The van der Waals surface area contributed by atoms with Crippen LogP contribution in [0.3, 0.4) is 0 Å². The Morgan fingerprint density at radius 3 is 2.62 bits per heavy atom. The van der Waals surface area contributed by atoms with Crippen molar-refractivity contribution in [1.29, 1.82) is 0 Å². The number of benzene rings is 1. The lowest BCUT2D eigenvalue weighted by atomic mass is 9.78. The molecule has 2 fully saturated rings. The second kappa shape index (κ2) is 7.32. The maximum absolute atomic E-state index is 13.0. The minimum Gasteiger partial charge on any atom is -0.467 e. The lowest BCUT2D eigenvalue weighted by Gasteiger charge is -2.39. The van der Waals surface area contributed by atoms with Gasteiger partial charge in [0.05, 0.1) is 31.5 Å². The normalized spacial score (nSPS) is 30.5. The number of amidine groups is 1. The van der Waals surface area contributed by atoms with E-state index in [1.807, 2.05) is 36.1 Å². The molecular formula is C20H22ClN3O4S. The van der Waals surface area contributed by atoms with Crippen LogP contribution in [0, 0.1) is 11.8 Å². The van der Waals surface area contributed by atoms with Crippen LogP contribution in [0.4, 0.5) is 0 Å². The molecule has 4 rings (SSSR count). The quantitative estimate of drug-likeness (QED) is 0.532. The Morgan fingerprint density at radius 1 is 1.31 bits per heavy atom. The van der Waals surface area contributed by atoms with E-state index in [2.05, 4.69) is 4.99 Å². The van der Waals surface area contributed by atoms with E-state index in [1.165, 1.54) is 25.9 Å². The maximum atomic E-state index is 13.0. The van der Waals surface area contributed by atoms with E-state index in [9.17, 15) is 14.4 Å². The molecule has 29 heavy (non-hydrogen) atoms. The first-order valence-electron chi connectivity index (χ1n) is 9.47. The number of aliphatic imine (C=N–C) groups is 1. The van der Waals surface area contributed by atoms with E-state index in [-0.39, 0.29) is 17.9 Å². The van der Waals surface area contributed by atoms with E-state index in [1.54, 1.807) is 0 Å². The monoisotopic (exact) mass is 435 g/mol. The highest BCUT2D eigenvalue weighted by atomic mass is 35.5. The predicted molar refractivity (Wildman–Crippen MR) is 110 cm³/mol. The Hall–Kier alpha value is -2.06. The summed E-state index contributed by atoms with van der Waals surface area (Å²) in [5.74, 6) is -1.74. The Labute approximate surface area is 178 Å². The zero-order valence-corrected chi connectivity index (χ0v) is 18.0. The molecule has 0 saturated carbocycles. The Balaban J connectivity index is 1.69. The number of carbonyl (C=O) groups is 3. The van der Waals surface area contributed by atoms with Crippen molar-refractivity contribution in [2.45, 2.75) is 30.7 Å².